The fraction of sp³-hybridized carbons (Fsp3) is 0.273. The van der Waals surface area contributed by atoms with E-state index in [4.69, 9.17) is 4.74 Å². The van der Waals surface area contributed by atoms with Crippen LogP contribution in [0.2, 0.25) is 0 Å². The van der Waals surface area contributed by atoms with Gasteiger partial charge < -0.3 is 10.1 Å². The average molecular weight is 425 g/mol. The Morgan fingerprint density at radius 1 is 1.10 bits per heavy atom. The minimum Gasteiger partial charge on any atom is -0.497 e. The molecule has 0 spiro atoms. The van der Waals surface area contributed by atoms with Crippen molar-refractivity contribution in [1.29, 1.82) is 0 Å². The third kappa shape index (κ3) is 5.01. The topological polar surface area (TPSA) is 84.4 Å². The van der Waals surface area contributed by atoms with Crippen LogP contribution in [0.1, 0.15) is 42.9 Å². The van der Waals surface area contributed by atoms with Gasteiger partial charge >= 0.3 is 0 Å². The molecule has 1 atom stereocenters. The monoisotopic (exact) mass is 424 g/mol. The second-order valence-corrected chi connectivity index (χ2v) is 8.33. The largest absolute Gasteiger partial charge is 0.497 e. The number of anilines is 1. The second kappa shape index (κ2) is 9.04. The molecule has 1 aromatic heterocycles. The SMILES string of the molecule is COc1cccc(N(C(=O)c2csnn2)[C@H](C(=O)NC(C)(C)C)c2ccccc2)c1. The molecule has 1 heterocycles. The highest BCUT2D eigenvalue weighted by Gasteiger charge is 2.35. The lowest BCUT2D eigenvalue weighted by Crippen LogP contribution is -2.49. The zero-order valence-corrected chi connectivity index (χ0v) is 18.1. The first-order valence-corrected chi connectivity index (χ1v) is 10.3. The van der Waals surface area contributed by atoms with Gasteiger partial charge in [-0.1, -0.05) is 40.9 Å². The van der Waals surface area contributed by atoms with Gasteiger partial charge in [-0.3, -0.25) is 14.5 Å². The highest BCUT2D eigenvalue weighted by molar-refractivity contribution is 7.03. The fourth-order valence-electron chi connectivity index (χ4n) is 3.02. The van der Waals surface area contributed by atoms with Crippen LogP contribution in [0.3, 0.4) is 0 Å². The van der Waals surface area contributed by atoms with E-state index in [0.29, 0.717) is 17.0 Å². The summed E-state index contributed by atoms with van der Waals surface area (Å²) >= 11 is 1.08. The van der Waals surface area contributed by atoms with Crippen LogP contribution in [0.4, 0.5) is 5.69 Å². The molecule has 0 aliphatic heterocycles. The normalized spacial score (nSPS) is 12.1. The van der Waals surface area contributed by atoms with Crippen LogP contribution < -0.4 is 15.0 Å². The zero-order chi connectivity index (χ0) is 21.7. The molecule has 30 heavy (non-hydrogen) atoms. The van der Waals surface area contributed by atoms with E-state index in [-0.39, 0.29) is 11.6 Å². The Morgan fingerprint density at radius 3 is 2.43 bits per heavy atom. The maximum Gasteiger partial charge on any atom is 0.280 e. The summed E-state index contributed by atoms with van der Waals surface area (Å²) in [4.78, 5) is 28.4. The number of carbonyl (C=O) groups excluding carboxylic acids is 2. The van der Waals surface area contributed by atoms with Gasteiger partial charge in [-0.05, 0) is 50.0 Å². The van der Waals surface area contributed by atoms with Gasteiger partial charge in [0.2, 0.25) is 5.91 Å². The molecule has 0 saturated carbocycles. The lowest BCUT2D eigenvalue weighted by atomic mass is 10.0. The third-order valence-electron chi connectivity index (χ3n) is 4.25. The summed E-state index contributed by atoms with van der Waals surface area (Å²) < 4.78 is 9.15. The van der Waals surface area contributed by atoms with Crippen LogP contribution in [0.5, 0.6) is 5.75 Å². The van der Waals surface area contributed by atoms with Gasteiger partial charge in [0.15, 0.2) is 5.69 Å². The molecule has 8 heteroatoms. The molecule has 2 amide bonds. The highest BCUT2D eigenvalue weighted by atomic mass is 32.1. The number of methoxy groups -OCH3 is 1. The van der Waals surface area contributed by atoms with E-state index >= 15 is 0 Å². The van der Waals surface area contributed by atoms with E-state index < -0.39 is 17.5 Å². The van der Waals surface area contributed by atoms with Crippen molar-refractivity contribution in [1.82, 2.24) is 14.9 Å². The van der Waals surface area contributed by atoms with Crippen LogP contribution >= 0.6 is 11.5 Å². The molecule has 3 aromatic rings. The number of hydrogen-bond donors (Lipinski definition) is 1. The van der Waals surface area contributed by atoms with E-state index in [2.05, 4.69) is 14.9 Å². The van der Waals surface area contributed by atoms with Crippen molar-refractivity contribution >= 4 is 29.0 Å². The van der Waals surface area contributed by atoms with E-state index in [9.17, 15) is 9.59 Å². The van der Waals surface area contributed by atoms with Crippen LogP contribution in [0.15, 0.2) is 60.0 Å². The second-order valence-electron chi connectivity index (χ2n) is 7.72. The van der Waals surface area contributed by atoms with Crippen LogP contribution in [0.25, 0.3) is 0 Å². The summed E-state index contributed by atoms with van der Waals surface area (Å²) in [7, 11) is 1.55. The predicted octanol–water partition coefficient (Wildman–Crippen LogP) is 3.85. The minimum absolute atomic E-state index is 0.173. The smallest absolute Gasteiger partial charge is 0.280 e. The number of ether oxygens (including phenoxy) is 1. The molecule has 0 unspecified atom stereocenters. The van der Waals surface area contributed by atoms with Gasteiger partial charge in [0.1, 0.15) is 11.8 Å². The molecule has 0 aliphatic rings. The summed E-state index contributed by atoms with van der Waals surface area (Å²) in [5.74, 6) is -0.146. The Kier molecular flexibility index (Phi) is 6.47. The van der Waals surface area contributed by atoms with Gasteiger partial charge in [-0.15, -0.1) is 5.10 Å². The maximum absolute atomic E-state index is 13.5. The number of nitrogens with zero attached hydrogens (tertiary/aromatic N) is 3. The predicted molar refractivity (Wildman–Crippen MR) is 117 cm³/mol. The van der Waals surface area contributed by atoms with Crippen LogP contribution in [-0.4, -0.2) is 34.1 Å². The Labute approximate surface area is 179 Å². The van der Waals surface area contributed by atoms with Crippen LogP contribution in [-0.2, 0) is 4.79 Å². The molecule has 0 radical (unpaired) electrons. The molecule has 0 aliphatic carbocycles. The molecule has 0 fully saturated rings. The van der Waals surface area contributed by atoms with E-state index in [1.165, 1.54) is 4.90 Å². The third-order valence-corrected chi connectivity index (χ3v) is 4.75. The number of benzene rings is 2. The van der Waals surface area contributed by atoms with Gasteiger partial charge in [-0.25, -0.2) is 0 Å². The number of aromatic nitrogens is 2. The first kappa shape index (κ1) is 21.4. The number of hydrogen-bond acceptors (Lipinski definition) is 6. The Morgan fingerprint density at radius 2 is 1.83 bits per heavy atom. The van der Waals surface area contributed by atoms with Crippen molar-refractivity contribution in [3.05, 3.63) is 71.2 Å². The Hall–Kier alpha value is -3.26. The molecule has 0 bridgehead atoms. The Bertz CT molecular complexity index is 1000. The number of amides is 2. The summed E-state index contributed by atoms with van der Waals surface area (Å²) in [6.07, 6.45) is 0. The molecule has 2 aromatic carbocycles. The molecule has 1 N–H and O–H groups in total. The van der Waals surface area contributed by atoms with Crippen molar-refractivity contribution in [3.63, 3.8) is 0 Å². The average Bonchev–Trinajstić information content (AvgIpc) is 3.25. The van der Waals surface area contributed by atoms with Crippen LogP contribution in [0, 0.1) is 0 Å². The van der Waals surface area contributed by atoms with Gasteiger partial charge in [0.05, 0.1) is 7.11 Å². The van der Waals surface area contributed by atoms with E-state index in [1.807, 2.05) is 51.1 Å². The summed E-state index contributed by atoms with van der Waals surface area (Å²) in [6.45, 7) is 5.69. The molecule has 7 nitrogen and oxygen atoms in total. The standard InChI is InChI=1S/C22H24N4O3S/c1-22(2,3)23-20(27)19(15-9-6-5-7-10-15)26(21(28)18-14-30-25-24-18)16-11-8-12-17(13-16)29-4/h5-14,19H,1-4H3,(H,23,27)/t19-/m0/s1. The van der Waals surface area contributed by atoms with Gasteiger partial charge in [0, 0.05) is 22.7 Å². The number of rotatable bonds is 6. The van der Waals surface area contributed by atoms with Crippen molar-refractivity contribution in [2.24, 2.45) is 0 Å². The first-order chi connectivity index (χ1) is 14.3. The maximum atomic E-state index is 13.5. The minimum atomic E-state index is -0.910. The summed E-state index contributed by atoms with van der Waals surface area (Å²) in [5.41, 5.74) is 0.895. The molecular weight excluding hydrogens is 400 g/mol. The molecule has 0 saturated heterocycles. The van der Waals surface area contributed by atoms with Crippen molar-refractivity contribution in [2.45, 2.75) is 32.4 Å². The number of carbonyl (C=O) groups is 2. The highest BCUT2D eigenvalue weighted by Crippen LogP contribution is 2.32. The molecule has 156 valence electrons. The molecule has 3 rings (SSSR count). The zero-order valence-electron chi connectivity index (χ0n) is 17.3. The van der Waals surface area contributed by atoms with Crippen molar-refractivity contribution in [3.8, 4) is 5.75 Å². The lowest BCUT2D eigenvalue weighted by Gasteiger charge is -2.33. The summed E-state index contributed by atoms with van der Waals surface area (Å²) in [5, 5.41) is 8.50. The quantitative estimate of drug-likeness (QED) is 0.650. The van der Waals surface area contributed by atoms with Gasteiger partial charge in [0.25, 0.3) is 5.91 Å². The molecular formula is C22H24N4O3S. The lowest BCUT2D eigenvalue weighted by molar-refractivity contribution is -0.123. The van der Waals surface area contributed by atoms with Crippen molar-refractivity contribution < 1.29 is 14.3 Å². The Balaban J connectivity index is 2.17. The van der Waals surface area contributed by atoms with E-state index in [1.54, 1.807) is 36.8 Å². The van der Waals surface area contributed by atoms with Gasteiger partial charge in [-0.2, -0.15) is 0 Å². The van der Waals surface area contributed by atoms with E-state index in [0.717, 1.165) is 11.5 Å². The fourth-order valence-corrected chi connectivity index (χ4v) is 3.45. The number of nitrogens with one attached hydrogen (secondary N) is 1. The van der Waals surface area contributed by atoms with Crippen molar-refractivity contribution in [2.75, 3.05) is 12.0 Å². The summed E-state index contributed by atoms with van der Waals surface area (Å²) in [6, 6.07) is 15.3. The first-order valence-electron chi connectivity index (χ1n) is 9.42.